The van der Waals surface area contributed by atoms with Crippen LogP contribution in [-0.2, 0) is 9.84 Å². The fourth-order valence-electron chi connectivity index (χ4n) is 2.92. The number of para-hydroxylation sites is 1. The van der Waals surface area contributed by atoms with Gasteiger partial charge in [0, 0.05) is 18.7 Å². The van der Waals surface area contributed by atoms with Gasteiger partial charge in [-0.1, -0.05) is 30.4 Å². The predicted octanol–water partition coefficient (Wildman–Crippen LogP) is 3.73. The number of fused-ring (bicyclic) bond motifs is 1. The molecular weight excluding hydrogens is 458 g/mol. The van der Waals surface area contributed by atoms with Crippen LogP contribution in [-0.4, -0.2) is 64.3 Å². The molecule has 0 N–H and O–H groups in total. The summed E-state index contributed by atoms with van der Waals surface area (Å²) in [5.74, 6) is 0.334. The van der Waals surface area contributed by atoms with Gasteiger partial charge in [0.25, 0.3) is 5.91 Å². The number of thiazole rings is 1. The van der Waals surface area contributed by atoms with Crippen molar-refractivity contribution in [2.45, 2.75) is 11.8 Å². The SMILES string of the molecule is CCS(=O)(=O)c1cccc(C(=O)N(CCN(C)C)c2nc3c(OC)cccc3s2)c1.Cl. The van der Waals surface area contributed by atoms with Gasteiger partial charge in [-0.15, -0.1) is 12.4 Å². The van der Waals surface area contributed by atoms with Crippen LogP contribution in [0.3, 0.4) is 0 Å². The van der Waals surface area contributed by atoms with Gasteiger partial charge >= 0.3 is 0 Å². The molecule has 0 radical (unpaired) electrons. The van der Waals surface area contributed by atoms with E-state index in [1.807, 2.05) is 37.2 Å². The van der Waals surface area contributed by atoms with Crippen LogP contribution in [0.15, 0.2) is 47.4 Å². The first-order valence-corrected chi connectivity index (χ1v) is 12.0. The zero-order valence-electron chi connectivity index (χ0n) is 17.9. The van der Waals surface area contributed by atoms with E-state index in [4.69, 9.17) is 4.74 Å². The third kappa shape index (κ3) is 5.54. The number of rotatable bonds is 8. The van der Waals surface area contributed by atoms with E-state index in [9.17, 15) is 13.2 Å². The summed E-state index contributed by atoms with van der Waals surface area (Å²) in [5, 5.41) is 0.546. The zero-order valence-corrected chi connectivity index (χ0v) is 20.3. The van der Waals surface area contributed by atoms with E-state index in [-0.39, 0.29) is 29.0 Å². The van der Waals surface area contributed by atoms with Gasteiger partial charge in [-0.3, -0.25) is 9.69 Å². The number of hydrogen-bond donors (Lipinski definition) is 0. The third-order valence-electron chi connectivity index (χ3n) is 4.66. The number of benzene rings is 2. The van der Waals surface area contributed by atoms with Crippen molar-refractivity contribution in [3.05, 3.63) is 48.0 Å². The molecule has 0 saturated carbocycles. The summed E-state index contributed by atoms with van der Waals surface area (Å²) in [6, 6.07) is 11.8. The number of hydrogen-bond acceptors (Lipinski definition) is 7. The smallest absolute Gasteiger partial charge is 0.260 e. The minimum atomic E-state index is -3.41. The topological polar surface area (TPSA) is 79.8 Å². The maximum atomic E-state index is 13.4. The van der Waals surface area contributed by atoms with Crippen molar-refractivity contribution in [2.24, 2.45) is 0 Å². The maximum absolute atomic E-state index is 13.4. The van der Waals surface area contributed by atoms with Crippen molar-refractivity contribution >= 4 is 54.8 Å². The molecule has 0 saturated heterocycles. The number of methoxy groups -OCH3 is 1. The van der Waals surface area contributed by atoms with Crippen LogP contribution < -0.4 is 9.64 Å². The average Bonchev–Trinajstić information content (AvgIpc) is 3.17. The van der Waals surface area contributed by atoms with Crippen LogP contribution in [0.1, 0.15) is 17.3 Å². The van der Waals surface area contributed by atoms with Crippen molar-refractivity contribution in [1.82, 2.24) is 9.88 Å². The van der Waals surface area contributed by atoms with E-state index in [1.165, 1.54) is 23.5 Å². The lowest BCUT2D eigenvalue weighted by atomic mass is 10.2. The Morgan fingerprint density at radius 3 is 2.48 bits per heavy atom. The summed E-state index contributed by atoms with van der Waals surface area (Å²) < 4.78 is 30.8. The number of likely N-dealkylation sites (N-methyl/N-ethyl adjacent to an activating group) is 1. The quantitative estimate of drug-likeness (QED) is 0.485. The Labute approximate surface area is 193 Å². The highest BCUT2D eigenvalue weighted by Gasteiger charge is 2.23. The Morgan fingerprint density at radius 2 is 1.84 bits per heavy atom. The van der Waals surface area contributed by atoms with E-state index in [2.05, 4.69) is 4.98 Å². The summed E-state index contributed by atoms with van der Waals surface area (Å²) in [7, 11) is 2.04. The molecule has 0 bridgehead atoms. The molecular formula is C21H26ClN3O4S2. The molecule has 10 heteroatoms. The number of anilines is 1. The maximum Gasteiger partial charge on any atom is 0.260 e. The fraction of sp³-hybridized carbons (Fsp3) is 0.333. The van der Waals surface area contributed by atoms with Gasteiger partial charge in [0.1, 0.15) is 11.3 Å². The molecule has 0 aliphatic carbocycles. The van der Waals surface area contributed by atoms with Crippen LogP contribution in [0.2, 0.25) is 0 Å². The minimum absolute atomic E-state index is 0. The highest BCUT2D eigenvalue weighted by atomic mass is 35.5. The van der Waals surface area contributed by atoms with Gasteiger partial charge in [-0.2, -0.15) is 0 Å². The molecule has 1 aromatic heterocycles. The molecule has 0 unspecified atom stereocenters. The lowest BCUT2D eigenvalue weighted by Gasteiger charge is -2.22. The monoisotopic (exact) mass is 483 g/mol. The molecule has 31 heavy (non-hydrogen) atoms. The molecule has 1 amide bonds. The normalized spacial score (nSPS) is 11.4. The van der Waals surface area contributed by atoms with Crippen molar-refractivity contribution in [3.8, 4) is 5.75 Å². The fourth-order valence-corrected chi connectivity index (χ4v) is 4.85. The summed E-state index contributed by atoms with van der Waals surface area (Å²) in [4.78, 5) is 21.8. The Hall–Kier alpha value is -2.20. The minimum Gasteiger partial charge on any atom is -0.494 e. The second-order valence-electron chi connectivity index (χ2n) is 6.99. The highest BCUT2D eigenvalue weighted by molar-refractivity contribution is 7.91. The van der Waals surface area contributed by atoms with Crippen molar-refractivity contribution in [3.63, 3.8) is 0 Å². The molecule has 2 aromatic carbocycles. The first kappa shape index (κ1) is 25.1. The molecule has 7 nitrogen and oxygen atoms in total. The molecule has 1 heterocycles. The number of carbonyl (C=O) groups is 1. The standard InChI is InChI=1S/C21H25N3O4S2.ClH/c1-5-30(26,27)16-9-6-8-15(14-16)20(25)24(13-12-23(2)3)21-22-19-17(28-4)10-7-11-18(19)29-21;/h6-11,14H,5,12-13H2,1-4H3;1H. The lowest BCUT2D eigenvalue weighted by Crippen LogP contribution is -2.36. The molecule has 0 fully saturated rings. The van der Waals surface area contributed by atoms with Gasteiger partial charge in [-0.25, -0.2) is 13.4 Å². The van der Waals surface area contributed by atoms with Gasteiger partial charge in [0.05, 0.1) is 22.5 Å². The zero-order chi connectivity index (χ0) is 21.9. The van der Waals surface area contributed by atoms with E-state index in [1.54, 1.807) is 31.1 Å². The van der Waals surface area contributed by atoms with Gasteiger partial charge in [-0.05, 0) is 44.4 Å². The third-order valence-corrected chi connectivity index (χ3v) is 7.43. The van der Waals surface area contributed by atoms with E-state index >= 15 is 0 Å². The van der Waals surface area contributed by atoms with Gasteiger partial charge in [0.15, 0.2) is 15.0 Å². The Balaban J connectivity index is 0.00000341. The number of amides is 1. The number of nitrogens with zero attached hydrogens (tertiary/aromatic N) is 3. The van der Waals surface area contributed by atoms with Crippen molar-refractivity contribution in [2.75, 3.05) is 44.9 Å². The average molecular weight is 484 g/mol. The molecule has 168 valence electrons. The number of aromatic nitrogens is 1. The van der Waals surface area contributed by atoms with Crippen LogP contribution in [0, 0.1) is 0 Å². The summed E-state index contributed by atoms with van der Waals surface area (Å²) in [5.41, 5.74) is 1.01. The number of sulfone groups is 1. The van der Waals surface area contributed by atoms with Crippen molar-refractivity contribution in [1.29, 1.82) is 0 Å². The largest absolute Gasteiger partial charge is 0.494 e. The van der Waals surface area contributed by atoms with E-state index < -0.39 is 9.84 Å². The summed E-state index contributed by atoms with van der Waals surface area (Å²) in [6.45, 7) is 2.63. The molecule has 3 aromatic rings. The number of carbonyl (C=O) groups excluding carboxylic acids is 1. The molecule has 0 spiro atoms. The van der Waals surface area contributed by atoms with Crippen LogP contribution in [0.25, 0.3) is 10.2 Å². The number of ether oxygens (including phenoxy) is 1. The molecule has 0 aliphatic rings. The highest BCUT2D eigenvalue weighted by Crippen LogP contribution is 2.34. The van der Waals surface area contributed by atoms with Crippen LogP contribution >= 0.6 is 23.7 Å². The molecule has 0 aliphatic heterocycles. The van der Waals surface area contributed by atoms with Crippen molar-refractivity contribution < 1.29 is 17.9 Å². The van der Waals surface area contributed by atoms with Crippen LogP contribution in [0.5, 0.6) is 5.75 Å². The summed E-state index contributed by atoms with van der Waals surface area (Å²) >= 11 is 1.40. The van der Waals surface area contributed by atoms with Gasteiger partial charge in [0.2, 0.25) is 0 Å². The second-order valence-corrected chi connectivity index (χ2v) is 10.3. The first-order chi connectivity index (χ1) is 14.3. The Kier molecular flexibility index (Phi) is 8.41. The van der Waals surface area contributed by atoms with E-state index in [0.29, 0.717) is 35.1 Å². The summed E-state index contributed by atoms with van der Waals surface area (Å²) in [6.07, 6.45) is 0. The molecule has 0 atom stereocenters. The van der Waals surface area contributed by atoms with Gasteiger partial charge < -0.3 is 9.64 Å². The number of halogens is 1. The second kappa shape index (κ2) is 10.4. The Morgan fingerprint density at radius 1 is 1.13 bits per heavy atom. The Bertz CT molecular complexity index is 1160. The lowest BCUT2D eigenvalue weighted by molar-refractivity contribution is 0.0985. The molecule has 3 rings (SSSR count). The predicted molar refractivity (Wildman–Crippen MR) is 128 cm³/mol. The van der Waals surface area contributed by atoms with E-state index in [0.717, 1.165) is 4.70 Å². The van der Waals surface area contributed by atoms with Crippen LogP contribution in [0.4, 0.5) is 5.13 Å². The first-order valence-electron chi connectivity index (χ1n) is 9.49.